The number of guanidine groups is 1. The van der Waals surface area contributed by atoms with Crippen LogP contribution in [0.2, 0.25) is 0 Å². The monoisotopic (exact) mass is 447 g/mol. The van der Waals surface area contributed by atoms with Gasteiger partial charge in [-0.15, -0.1) is 10.0 Å². The second-order valence-electron chi connectivity index (χ2n) is 10.5. The van der Waals surface area contributed by atoms with Crippen LogP contribution in [-0.4, -0.2) is 59.8 Å². The number of rotatable bonds is 2. The van der Waals surface area contributed by atoms with E-state index in [2.05, 4.69) is 58.0 Å². The molecule has 5 heterocycles. The predicted octanol–water partition coefficient (Wildman–Crippen LogP) is 2.76. The van der Waals surface area contributed by atoms with Gasteiger partial charge >= 0.3 is 5.84 Å². The second kappa shape index (κ2) is 7.23. The van der Waals surface area contributed by atoms with Gasteiger partial charge in [0.2, 0.25) is 5.91 Å². The summed E-state index contributed by atoms with van der Waals surface area (Å²) >= 11 is 0. The van der Waals surface area contributed by atoms with Crippen LogP contribution >= 0.6 is 0 Å². The van der Waals surface area contributed by atoms with Crippen LogP contribution in [0.15, 0.2) is 45.7 Å². The van der Waals surface area contributed by atoms with Gasteiger partial charge in [0.15, 0.2) is 6.20 Å². The van der Waals surface area contributed by atoms with Crippen LogP contribution in [0.25, 0.3) is 0 Å². The van der Waals surface area contributed by atoms with Gasteiger partial charge in [-0.2, -0.15) is 0 Å². The molecule has 1 aromatic carbocycles. The molecule has 1 aromatic rings. The average Bonchev–Trinajstić information content (AvgIpc) is 3.34. The van der Waals surface area contributed by atoms with E-state index in [0.717, 1.165) is 57.0 Å². The van der Waals surface area contributed by atoms with E-state index in [-0.39, 0.29) is 21.4 Å². The normalized spacial score (nSPS) is 29.1. The molecule has 0 bridgehead atoms. The molecule has 6 rings (SSSR count). The Morgan fingerprint density at radius 1 is 1.15 bits per heavy atom. The van der Waals surface area contributed by atoms with Crippen molar-refractivity contribution in [1.82, 2.24) is 10.3 Å². The molecule has 9 heteroatoms. The van der Waals surface area contributed by atoms with Gasteiger partial charge in [0, 0.05) is 30.9 Å². The number of fused-ring (bicyclic) bond motifs is 2. The van der Waals surface area contributed by atoms with Crippen LogP contribution in [0.3, 0.4) is 0 Å². The van der Waals surface area contributed by atoms with Gasteiger partial charge in [-0.25, -0.2) is 0 Å². The number of nitrogens with zero attached hydrogens (tertiary/aromatic N) is 5. The Kier molecular flexibility index (Phi) is 4.50. The lowest BCUT2D eigenvalue weighted by Crippen LogP contribution is -2.60. The van der Waals surface area contributed by atoms with E-state index in [4.69, 9.17) is 10.1 Å². The van der Waals surface area contributed by atoms with Crippen molar-refractivity contribution in [3.63, 3.8) is 0 Å². The number of amides is 1. The lowest BCUT2D eigenvalue weighted by molar-refractivity contribution is -0.919. The molecule has 1 amide bonds. The maximum atomic E-state index is 11.8. The van der Waals surface area contributed by atoms with Crippen LogP contribution < -0.4 is 16.0 Å². The summed E-state index contributed by atoms with van der Waals surface area (Å²) in [5.74, 6) is 1.54. The molecule has 5 aliphatic rings. The van der Waals surface area contributed by atoms with Gasteiger partial charge in [0.1, 0.15) is 6.21 Å². The summed E-state index contributed by atoms with van der Waals surface area (Å²) in [7, 11) is 0. The maximum absolute atomic E-state index is 11.8. The Morgan fingerprint density at radius 2 is 2.00 bits per heavy atom. The van der Waals surface area contributed by atoms with E-state index in [0.29, 0.717) is 12.4 Å². The number of hydrogen-bond donors (Lipinski definition) is 3. The summed E-state index contributed by atoms with van der Waals surface area (Å²) in [6.45, 7) is 8.06. The molecular weight excluding hydrogens is 416 g/mol. The Hall–Kier alpha value is -3.04. The van der Waals surface area contributed by atoms with E-state index in [1.165, 1.54) is 11.3 Å². The number of quaternary nitrogens is 1. The van der Waals surface area contributed by atoms with E-state index in [1.54, 1.807) is 12.4 Å². The highest BCUT2D eigenvalue weighted by atomic mass is 16.1. The van der Waals surface area contributed by atoms with E-state index in [1.807, 2.05) is 6.20 Å². The van der Waals surface area contributed by atoms with Crippen LogP contribution in [0, 0.1) is 5.41 Å². The third-order valence-electron chi connectivity index (χ3n) is 7.85. The van der Waals surface area contributed by atoms with Crippen molar-refractivity contribution in [2.24, 2.45) is 20.5 Å². The number of hydrogen-bond acceptors (Lipinski definition) is 7. The number of carbonyl (C=O) groups excluding carboxylic acids is 1. The summed E-state index contributed by atoms with van der Waals surface area (Å²) in [4.78, 5) is 20.9. The second-order valence-corrected chi connectivity index (χ2v) is 10.5. The van der Waals surface area contributed by atoms with Gasteiger partial charge in [-0.3, -0.25) is 9.79 Å². The summed E-state index contributed by atoms with van der Waals surface area (Å²) in [6.07, 6.45) is 9.27. The highest BCUT2D eigenvalue weighted by molar-refractivity contribution is 6.30. The van der Waals surface area contributed by atoms with Crippen molar-refractivity contribution in [2.45, 2.75) is 44.9 Å². The fraction of sp³-hybridized carbons (Fsp3) is 0.500. The lowest BCUT2D eigenvalue weighted by Gasteiger charge is -2.42. The number of nitrogens with one attached hydrogen (secondary N) is 3. The van der Waals surface area contributed by atoms with Crippen molar-refractivity contribution in [3.05, 3.63) is 36.2 Å². The maximum Gasteiger partial charge on any atom is 0.301 e. The van der Waals surface area contributed by atoms with Gasteiger partial charge < -0.3 is 16.0 Å². The zero-order valence-electron chi connectivity index (χ0n) is 19.3. The highest BCUT2D eigenvalue weighted by Gasteiger charge is 2.51. The molecule has 0 aliphatic carbocycles. The van der Waals surface area contributed by atoms with Crippen LogP contribution in [0.5, 0.6) is 0 Å². The summed E-state index contributed by atoms with van der Waals surface area (Å²) in [6, 6.07) is 6.46. The number of piperidine rings is 1. The average molecular weight is 448 g/mol. The standard InChI is InChI=1S/C24H30N8O/c1-23(2)5-8-26-19-13-17(3-4-18(19)23)28-22-29-20-15-25-9-12-32(20,30-22)31-10-6-24(7-11-31)14-21(33)27-16-24/h3-4,9,12-13,15,26H,5-8,10-11,14,16H2,1-2H3,(H-,27,28,30,33)/p+1. The smallest absolute Gasteiger partial charge is 0.301 e. The molecule has 172 valence electrons. The number of carbonyl (C=O) groups is 1. The van der Waals surface area contributed by atoms with Gasteiger partial charge in [0.25, 0.3) is 5.96 Å². The molecule has 9 nitrogen and oxygen atoms in total. The summed E-state index contributed by atoms with van der Waals surface area (Å²) in [5, 5.41) is 17.3. The third kappa shape index (κ3) is 3.38. The molecule has 5 aliphatic heterocycles. The Bertz CT molecular complexity index is 1130. The minimum Gasteiger partial charge on any atom is -0.385 e. The fourth-order valence-electron chi connectivity index (χ4n) is 5.73. The first kappa shape index (κ1) is 20.6. The molecule has 2 fully saturated rings. The Labute approximate surface area is 193 Å². The molecular formula is C24H31N8O+. The van der Waals surface area contributed by atoms with Crippen molar-refractivity contribution < 1.29 is 9.50 Å². The molecule has 1 unspecified atom stereocenters. The van der Waals surface area contributed by atoms with Crippen molar-refractivity contribution >= 4 is 35.3 Å². The quantitative estimate of drug-likeness (QED) is 0.608. The molecule has 1 atom stereocenters. The number of amidine groups is 1. The zero-order valence-corrected chi connectivity index (χ0v) is 19.3. The van der Waals surface area contributed by atoms with Gasteiger partial charge in [0.05, 0.1) is 19.3 Å². The Balaban J connectivity index is 1.24. The predicted molar refractivity (Wildman–Crippen MR) is 130 cm³/mol. The first-order valence-corrected chi connectivity index (χ1v) is 11.8. The number of benzene rings is 1. The SMILES string of the molecule is CC1(C)CCNc2cc(NC3=N[N+]4(N5CCC6(CC5)CNC(=O)C6)C=CN=CC4=N3)ccc21. The van der Waals surface area contributed by atoms with Crippen molar-refractivity contribution in [2.75, 3.05) is 36.8 Å². The Morgan fingerprint density at radius 3 is 2.79 bits per heavy atom. The largest absolute Gasteiger partial charge is 0.385 e. The molecule has 1 spiro atoms. The highest BCUT2D eigenvalue weighted by Crippen LogP contribution is 2.41. The first-order valence-electron chi connectivity index (χ1n) is 11.8. The van der Waals surface area contributed by atoms with E-state index >= 15 is 0 Å². The zero-order chi connectivity index (χ0) is 22.7. The van der Waals surface area contributed by atoms with Crippen LogP contribution in [0.1, 0.15) is 45.1 Å². The lowest BCUT2D eigenvalue weighted by atomic mass is 9.78. The molecule has 0 saturated carbocycles. The van der Waals surface area contributed by atoms with E-state index in [9.17, 15) is 4.79 Å². The van der Waals surface area contributed by atoms with Crippen molar-refractivity contribution in [3.8, 4) is 0 Å². The van der Waals surface area contributed by atoms with Gasteiger partial charge in [-0.05, 0) is 57.6 Å². The minimum absolute atomic E-state index is 0.0885. The molecule has 33 heavy (non-hydrogen) atoms. The third-order valence-corrected chi connectivity index (χ3v) is 7.85. The molecule has 0 radical (unpaired) electrons. The minimum atomic E-state index is 0.0885. The fourth-order valence-corrected chi connectivity index (χ4v) is 5.73. The topological polar surface area (TPSA) is 93.5 Å². The molecule has 0 aromatic heterocycles. The number of aliphatic imine (C=N–C) groups is 2. The molecule has 2 saturated heterocycles. The van der Waals surface area contributed by atoms with Crippen LogP contribution in [0.4, 0.5) is 11.4 Å². The molecule has 3 N–H and O–H groups in total. The number of anilines is 2. The van der Waals surface area contributed by atoms with E-state index < -0.39 is 0 Å². The summed E-state index contributed by atoms with van der Waals surface area (Å²) < 4.78 is 0.208. The first-order chi connectivity index (χ1) is 15.9. The van der Waals surface area contributed by atoms with Gasteiger partial charge in [-0.1, -0.05) is 19.9 Å². The van der Waals surface area contributed by atoms with Crippen LogP contribution in [-0.2, 0) is 10.2 Å². The summed E-state index contributed by atoms with van der Waals surface area (Å²) in [5.41, 5.74) is 3.75. The van der Waals surface area contributed by atoms with Crippen molar-refractivity contribution in [1.29, 1.82) is 0 Å².